The number of carbonyl (C=O) groups is 1. The number of anilines is 1. The Morgan fingerprint density at radius 1 is 1.50 bits per heavy atom. The molecule has 0 fully saturated rings. The lowest BCUT2D eigenvalue weighted by Gasteiger charge is -2.07. The van der Waals surface area contributed by atoms with Gasteiger partial charge < -0.3 is 14.8 Å². The Balaban J connectivity index is 1.77. The fourth-order valence-corrected chi connectivity index (χ4v) is 2.36. The highest BCUT2D eigenvalue weighted by atomic mass is 16.5. The molecule has 0 bridgehead atoms. The molecule has 1 atom stereocenters. The van der Waals surface area contributed by atoms with Gasteiger partial charge in [0.1, 0.15) is 11.7 Å². The van der Waals surface area contributed by atoms with Crippen LogP contribution in [-0.4, -0.2) is 16.0 Å². The van der Waals surface area contributed by atoms with Gasteiger partial charge in [-0.2, -0.15) is 5.26 Å². The van der Waals surface area contributed by atoms with Crippen molar-refractivity contribution < 1.29 is 9.32 Å². The van der Waals surface area contributed by atoms with Gasteiger partial charge in [0.25, 0.3) is 0 Å². The third-order valence-corrected chi connectivity index (χ3v) is 3.45. The molecule has 1 amide bonds. The van der Waals surface area contributed by atoms with Crippen LogP contribution in [0.4, 0.5) is 5.82 Å². The molecule has 0 aliphatic carbocycles. The summed E-state index contributed by atoms with van der Waals surface area (Å²) in [5, 5.41) is 16.6. The quantitative estimate of drug-likeness (QED) is 0.773. The maximum Gasteiger partial charge on any atom is 0.243 e. The summed E-state index contributed by atoms with van der Waals surface area (Å²) in [7, 11) is 0. The standard InChI is InChI=1S/C16H14N4O2/c1-10-6-15(20-22-10)19-16(21)11(8-17)7-12-9-18-14-5-3-2-4-13(12)14/h2-6,9,11,18H,7H2,1H3,(H,19,20,21)/t11-/m1/s1. The maximum atomic E-state index is 12.2. The highest BCUT2D eigenvalue weighted by Crippen LogP contribution is 2.21. The Labute approximate surface area is 126 Å². The highest BCUT2D eigenvalue weighted by Gasteiger charge is 2.21. The molecule has 1 aromatic carbocycles. The van der Waals surface area contributed by atoms with Crippen molar-refractivity contribution in [3.05, 3.63) is 47.9 Å². The molecule has 3 rings (SSSR count). The van der Waals surface area contributed by atoms with E-state index >= 15 is 0 Å². The summed E-state index contributed by atoms with van der Waals surface area (Å²) in [5.74, 6) is -0.264. The number of nitrogens with one attached hydrogen (secondary N) is 2. The van der Waals surface area contributed by atoms with Gasteiger partial charge in [-0.05, 0) is 25.0 Å². The Bertz CT molecular complexity index is 856. The largest absolute Gasteiger partial charge is 0.361 e. The zero-order valence-corrected chi connectivity index (χ0v) is 12.0. The zero-order valence-electron chi connectivity index (χ0n) is 12.0. The molecule has 22 heavy (non-hydrogen) atoms. The van der Waals surface area contributed by atoms with Crippen LogP contribution < -0.4 is 5.32 Å². The van der Waals surface area contributed by atoms with Crippen LogP contribution in [0.25, 0.3) is 10.9 Å². The molecule has 2 heterocycles. The van der Waals surface area contributed by atoms with Crippen molar-refractivity contribution in [1.29, 1.82) is 5.26 Å². The van der Waals surface area contributed by atoms with E-state index in [9.17, 15) is 10.1 Å². The van der Waals surface area contributed by atoms with Crippen LogP contribution in [0.3, 0.4) is 0 Å². The Hall–Kier alpha value is -3.07. The molecule has 0 saturated carbocycles. The second kappa shape index (κ2) is 5.74. The lowest BCUT2D eigenvalue weighted by Crippen LogP contribution is -2.23. The summed E-state index contributed by atoms with van der Waals surface area (Å²) in [6.45, 7) is 1.73. The van der Waals surface area contributed by atoms with Crippen molar-refractivity contribution >= 4 is 22.6 Å². The van der Waals surface area contributed by atoms with E-state index in [1.807, 2.05) is 36.5 Å². The van der Waals surface area contributed by atoms with Crippen LogP contribution in [-0.2, 0) is 11.2 Å². The third kappa shape index (κ3) is 2.69. The fourth-order valence-electron chi connectivity index (χ4n) is 2.36. The second-order valence-electron chi connectivity index (χ2n) is 5.06. The van der Waals surface area contributed by atoms with Gasteiger partial charge in [0.15, 0.2) is 5.82 Å². The van der Waals surface area contributed by atoms with Gasteiger partial charge in [-0.3, -0.25) is 4.79 Å². The second-order valence-corrected chi connectivity index (χ2v) is 5.06. The first kappa shape index (κ1) is 13.9. The van der Waals surface area contributed by atoms with Gasteiger partial charge in [0.2, 0.25) is 5.91 Å². The number of hydrogen-bond acceptors (Lipinski definition) is 4. The molecule has 0 saturated heterocycles. The molecular weight excluding hydrogens is 280 g/mol. The molecule has 6 nitrogen and oxygen atoms in total. The maximum absolute atomic E-state index is 12.2. The Morgan fingerprint density at radius 2 is 2.32 bits per heavy atom. The SMILES string of the molecule is Cc1cc(NC(=O)[C@@H](C#N)Cc2c[nH]c3ccccc23)no1. The molecule has 0 radical (unpaired) electrons. The monoisotopic (exact) mass is 294 g/mol. The van der Waals surface area contributed by atoms with E-state index in [4.69, 9.17) is 4.52 Å². The van der Waals surface area contributed by atoms with Crippen molar-refractivity contribution in [2.75, 3.05) is 5.32 Å². The van der Waals surface area contributed by atoms with Gasteiger partial charge in [0, 0.05) is 23.2 Å². The summed E-state index contributed by atoms with van der Waals surface area (Å²) < 4.78 is 4.89. The molecule has 3 aromatic rings. The number of para-hydroxylation sites is 1. The van der Waals surface area contributed by atoms with Crippen molar-refractivity contribution in [3.63, 3.8) is 0 Å². The number of aromatic nitrogens is 2. The molecule has 0 aliphatic heterocycles. The number of carbonyl (C=O) groups excluding carboxylic acids is 1. The van der Waals surface area contributed by atoms with Crippen LogP contribution in [0.15, 0.2) is 41.1 Å². The molecule has 0 spiro atoms. The number of aromatic amines is 1. The molecule has 0 unspecified atom stereocenters. The molecule has 0 aliphatic rings. The number of amides is 1. The molecule has 2 aromatic heterocycles. The fraction of sp³-hybridized carbons (Fsp3) is 0.188. The van der Waals surface area contributed by atoms with E-state index in [1.54, 1.807) is 13.0 Å². The lowest BCUT2D eigenvalue weighted by atomic mass is 9.99. The van der Waals surface area contributed by atoms with E-state index in [0.717, 1.165) is 16.5 Å². The molecule has 2 N–H and O–H groups in total. The van der Waals surface area contributed by atoms with Gasteiger partial charge in [-0.15, -0.1) is 0 Å². The van der Waals surface area contributed by atoms with Crippen molar-refractivity contribution in [2.24, 2.45) is 5.92 Å². The highest BCUT2D eigenvalue weighted by molar-refractivity contribution is 5.94. The van der Waals surface area contributed by atoms with Crippen LogP contribution in [0.1, 0.15) is 11.3 Å². The van der Waals surface area contributed by atoms with Crippen molar-refractivity contribution in [2.45, 2.75) is 13.3 Å². The van der Waals surface area contributed by atoms with Gasteiger partial charge in [-0.1, -0.05) is 23.4 Å². The van der Waals surface area contributed by atoms with E-state index in [0.29, 0.717) is 18.0 Å². The van der Waals surface area contributed by atoms with Crippen molar-refractivity contribution in [1.82, 2.24) is 10.1 Å². The van der Waals surface area contributed by atoms with Crippen molar-refractivity contribution in [3.8, 4) is 6.07 Å². The summed E-state index contributed by atoms with van der Waals surface area (Å²) >= 11 is 0. The lowest BCUT2D eigenvalue weighted by molar-refractivity contribution is -0.118. The number of H-pyrrole nitrogens is 1. The molecule has 110 valence electrons. The van der Waals surface area contributed by atoms with Gasteiger partial charge in [0.05, 0.1) is 6.07 Å². The van der Waals surface area contributed by atoms with Gasteiger partial charge in [-0.25, -0.2) is 0 Å². The third-order valence-electron chi connectivity index (χ3n) is 3.45. The summed E-state index contributed by atoms with van der Waals surface area (Å²) in [5.41, 5.74) is 1.93. The average Bonchev–Trinajstić information content (AvgIpc) is 3.11. The first-order chi connectivity index (χ1) is 10.7. The Morgan fingerprint density at radius 3 is 3.05 bits per heavy atom. The minimum atomic E-state index is -0.795. The van der Waals surface area contributed by atoms with Crippen LogP contribution >= 0.6 is 0 Å². The van der Waals surface area contributed by atoms with E-state index in [2.05, 4.69) is 15.5 Å². The summed E-state index contributed by atoms with van der Waals surface area (Å²) in [4.78, 5) is 15.3. The number of aryl methyl sites for hydroxylation is 1. The molecular formula is C16H14N4O2. The van der Waals surface area contributed by atoms with Crippen LogP contribution in [0.2, 0.25) is 0 Å². The number of rotatable bonds is 4. The smallest absolute Gasteiger partial charge is 0.243 e. The normalized spacial score (nSPS) is 12.0. The number of fused-ring (bicyclic) bond motifs is 1. The average molecular weight is 294 g/mol. The van der Waals surface area contributed by atoms with E-state index in [1.165, 1.54) is 0 Å². The topological polar surface area (TPSA) is 94.7 Å². The minimum absolute atomic E-state index is 0.321. The first-order valence-corrected chi connectivity index (χ1v) is 6.86. The van der Waals surface area contributed by atoms with Gasteiger partial charge >= 0.3 is 0 Å². The first-order valence-electron chi connectivity index (χ1n) is 6.86. The Kier molecular flexibility index (Phi) is 3.62. The summed E-state index contributed by atoms with van der Waals surface area (Å²) in [6, 6.07) is 11.4. The van der Waals surface area contributed by atoms with E-state index in [-0.39, 0.29) is 5.91 Å². The zero-order chi connectivity index (χ0) is 15.5. The minimum Gasteiger partial charge on any atom is -0.361 e. The number of nitriles is 1. The van der Waals surface area contributed by atoms with Crippen LogP contribution in [0, 0.1) is 24.2 Å². The predicted octanol–water partition coefficient (Wildman–Crippen LogP) is 2.79. The molecule has 6 heteroatoms. The van der Waals surface area contributed by atoms with E-state index < -0.39 is 5.92 Å². The number of benzene rings is 1. The van der Waals surface area contributed by atoms with Crippen LogP contribution in [0.5, 0.6) is 0 Å². The predicted molar refractivity (Wildman–Crippen MR) is 81.0 cm³/mol. The number of nitrogens with zero attached hydrogens (tertiary/aromatic N) is 2. The summed E-state index contributed by atoms with van der Waals surface area (Å²) in [6.07, 6.45) is 2.17. The number of hydrogen-bond donors (Lipinski definition) is 2.